The van der Waals surface area contributed by atoms with Crippen LogP contribution in [-0.2, 0) is 11.3 Å². The number of H-pyrrole nitrogens is 1. The van der Waals surface area contributed by atoms with Gasteiger partial charge in [0.2, 0.25) is 0 Å². The number of aliphatic carboxylic acids is 1. The van der Waals surface area contributed by atoms with E-state index in [0.717, 1.165) is 4.40 Å². The number of aryl methyl sites for hydroxylation is 1. The lowest BCUT2D eigenvalue weighted by atomic mass is 9.52. The van der Waals surface area contributed by atoms with Crippen LogP contribution in [-0.4, -0.2) is 48.5 Å². The van der Waals surface area contributed by atoms with E-state index in [0.29, 0.717) is 49.7 Å². The Bertz CT molecular complexity index is 1490. The summed E-state index contributed by atoms with van der Waals surface area (Å²) in [6, 6.07) is 5.46. The number of hydrogen-bond donors (Lipinski definition) is 4. The third-order valence-corrected chi connectivity index (χ3v) is 8.55. The number of aromatic nitrogens is 4. The van der Waals surface area contributed by atoms with Crippen molar-refractivity contribution in [1.82, 2.24) is 30.2 Å². The SMILES string of the molecule is Cc1cc(CNC(=O)c2cc(C(=O)NC(C)C34CCC(C(=O)O)(CC3)CC4)n3c(=O)[nH]nc3n2)ccc1F. The number of carbonyl (C=O) groups is 3. The molecule has 1 unspecified atom stereocenters. The zero-order chi connectivity index (χ0) is 27.2. The van der Waals surface area contributed by atoms with Crippen LogP contribution in [0.1, 0.15) is 77.6 Å². The fraction of sp³-hybridized carbons (Fsp3) is 0.462. The molecule has 12 heteroatoms. The molecule has 6 rings (SSSR count). The lowest BCUT2D eigenvalue weighted by Crippen LogP contribution is -2.54. The molecule has 1 aromatic carbocycles. The van der Waals surface area contributed by atoms with Crippen LogP contribution in [0.3, 0.4) is 0 Å². The Morgan fingerprint density at radius 3 is 2.45 bits per heavy atom. The van der Waals surface area contributed by atoms with Crippen molar-refractivity contribution < 1.29 is 23.9 Å². The number of hydrogen-bond acceptors (Lipinski definition) is 6. The van der Waals surface area contributed by atoms with Crippen LogP contribution in [0.4, 0.5) is 4.39 Å². The molecule has 200 valence electrons. The number of carboxylic acid groups (broad SMARTS) is 1. The summed E-state index contributed by atoms with van der Waals surface area (Å²) in [5.74, 6) is -2.37. The minimum Gasteiger partial charge on any atom is -0.481 e. The minimum atomic E-state index is -0.749. The second-order valence-electron chi connectivity index (χ2n) is 10.6. The molecule has 4 N–H and O–H groups in total. The number of aromatic amines is 1. The number of fused-ring (bicyclic) bond motifs is 4. The number of carboxylic acids is 1. The van der Waals surface area contributed by atoms with Crippen molar-refractivity contribution in [2.24, 2.45) is 10.8 Å². The summed E-state index contributed by atoms with van der Waals surface area (Å²) < 4.78 is 14.6. The number of carbonyl (C=O) groups excluding carboxylic acids is 2. The Hall–Kier alpha value is -4.09. The predicted molar refractivity (Wildman–Crippen MR) is 133 cm³/mol. The van der Waals surface area contributed by atoms with Crippen molar-refractivity contribution in [2.45, 2.75) is 65.0 Å². The van der Waals surface area contributed by atoms with Gasteiger partial charge in [0.05, 0.1) is 5.41 Å². The van der Waals surface area contributed by atoms with E-state index in [-0.39, 0.29) is 41.0 Å². The monoisotopic (exact) mass is 524 g/mol. The van der Waals surface area contributed by atoms with Crippen LogP contribution >= 0.6 is 0 Å². The Labute approximate surface area is 216 Å². The van der Waals surface area contributed by atoms with Gasteiger partial charge in [0.25, 0.3) is 17.6 Å². The quantitative estimate of drug-likeness (QED) is 0.369. The zero-order valence-electron chi connectivity index (χ0n) is 21.1. The first kappa shape index (κ1) is 25.6. The highest BCUT2D eigenvalue weighted by Gasteiger charge is 2.54. The lowest BCUT2D eigenvalue weighted by molar-refractivity contribution is -0.159. The number of rotatable bonds is 7. The van der Waals surface area contributed by atoms with E-state index in [9.17, 15) is 28.7 Å². The van der Waals surface area contributed by atoms with Gasteiger partial charge < -0.3 is 15.7 Å². The molecule has 3 aliphatic carbocycles. The number of halogens is 1. The van der Waals surface area contributed by atoms with Gasteiger partial charge in [-0.3, -0.25) is 14.4 Å². The van der Waals surface area contributed by atoms with E-state index < -0.39 is 28.9 Å². The van der Waals surface area contributed by atoms with Gasteiger partial charge in [0.15, 0.2) is 0 Å². The van der Waals surface area contributed by atoms with E-state index in [4.69, 9.17) is 0 Å². The van der Waals surface area contributed by atoms with E-state index in [1.54, 1.807) is 19.1 Å². The Balaban J connectivity index is 1.36. The van der Waals surface area contributed by atoms with Crippen LogP contribution in [0.25, 0.3) is 5.78 Å². The van der Waals surface area contributed by atoms with Gasteiger partial charge in [-0.05, 0) is 81.0 Å². The molecule has 3 aromatic rings. The molecular formula is C26H29FN6O5. The van der Waals surface area contributed by atoms with Gasteiger partial charge >= 0.3 is 11.7 Å². The predicted octanol–water partition coefficient (Wildman–Crippen LogP) is 2.34. The topological polar surface area (TPSA) is 159 Å². The molecule has 2 heterocycles. The molecule has 3 saturated carbocycles. The van der Waals surface area contributed by atoms with Crippen molar-refractivity contribution in [3.8, 4) is 0 Å². The fourth-order valence-corrected chi connectivity index (χ4v) is 5.90. The molecule has 3 aliphatic rings. The maximum absolute atomic E-state index is 13.5. The normalized spacial score (nSPS) is 23.2. The first-order valence-electron chi connectivity index (χ1n) is 12.6. The van der Waals surface area contributed by atoms with Gasteiger partial charge in [-0.1, -0.05) is 12.1 Å². The number of amides is 2. The van der Waals surface area contributed by atoms with Crippen molar-refractivity contribution >= 4 is 23.6 Å². The highest BCUT2D eigenvalue weighted by atomic mass is 19.1. The second-order valence-corrected chi connectivity index (χ2v) is 10.6. The van der Waals surface area contributed by atoms with Crippen molar-refractivity contribution in [2.75, 3.05) is 0 Å². The maximum Gasteiger partial charge on any atom is 0.349 e. The third kappa shape index (κ3) is 4.33. The molecule has 3 fully saturated rings. The van der Waals surface area contributed by atoms with Crippen LogP contribution in [0, 0.1) is 23.6 Å². The third-order valence-electron chi connectivity index (χ3n) is 8.55. The van der Waals surface area contributed by atoms with E-state index in [1.165, 1.54) is 12.1 Å². The molecule has 2 amide bonds. The van der Waals surface area contributed by atoms with Crippen LogP contribution in [0.5, 0.6) is 0 Å². The number of nitrogens with one attached hydrogen (secondary N) is 3. The molecule has 0 radical (unpaired) electrons. The van der Waals surface area contributed by atoms with Crippen LogP contribution in [0.15, 0.2) is 29.1 Å². The van der Waals surface area contributed by atoms with Crippen LogP contribution in [0.2, 0.25) is 0 Å². The summed E-state index contributed by atoms with van der Waals surface area (Å²) in [5.41, 5.74) is -0.621. The Morgan fingerprint density at radius 1 is 1.13 bits per heavy atom. The molecule has 1 atom stereocenters. The molecule has 0 saturated heterocycles. The summed E-state index contributed by atoms with van der Waals surface area (Å²) in [7, 11) is 0. The average Bonchev–Trinajstić information content (AvgIpc) is 3.30. The zero-order valence-corrected chi connectivity index (χ0v) is 21.1. The van der Waals surface area contributed by atoms with Crippen LogP contribution < -0.4 is 16.3 Å². The summed E-state index contributed by atoms with van der Waals surface area (Å²) in [5, 5.41) is 21.4. The standard InChI is InChI=1S/C26H29FN6O5/c1-14-11-16(3-4-17(14)27)13-28-20(34)18-12-19(33-23(30-18)31-32-24(33)38)21(35)29-15(2)25-5-8-26(9-6-25,10-7-25)22(36)37/h3-4,11-12,15H,5-10,13H2,1-2H3,(H,28,34)(H,29,35)(H,32,38)(H,36,37). The Kier molecular flexibility index (Phi) is 6.28. The molecule has 0 aliphatic heterocycles. The van der Waals surface area contributed by atoms with Gasteiger partial charge in [-0.15, -0.1) is 5.10 Å². The summed E-state index contributed by atoms with van der Waals surface area (Å²) >= 11 is 0. The summed E-state index contributed by atoms with van der Waals surface area (Å²) in [6.45, 7) is 3.63. The van der Waals surface area contributed by atoms with Crippen molar-refractivity contribution in [1.29, 1.82) is 0 Å². The molecule has 38 heavy (non-hydrogen) atoms. The smallest absolute Gasteiger partial charge is 0.349 e. The first-order chi connectivity index (χ1) is 18.0. The average molecular weight is 525 g/mol. The molecule has 2 bridgehead atoms. The largest absolute Gasteiger partial charge is 0.481 e. The highest BCUT2D eigenvalue weighted by molar-refractivity contribution is 5.98. The summed E-state index contributed by atoms with van der Waals surface area (Å²) in [6.07, 6.45) is 3.78. The first-order valence-corrected chi connectivity index (χ1v) is 12.6. The fourth-order valence-electron chi connectivity index (χ4n) is 5.90. The van der Waals surface area contributed by atoms with Crippen molar-refractivity contribution in [3.63, 3.8) is 0 Å². The molecule has 0 spiro atoms. The molecular weight excluding hydrogens is 495 g/mol. The highest BCUT2D eigenvalue weighted by Crippen LogP contribution is 2.58. The number of nitrogens with zero attached hydrogens (tertiary/aromatic N) is 3. The van der Waals surface area contributed by atoms with Gasteiger partial charge in [0, 0.05) is 12.6 Å². The van der Waals surface area contributed by atoms with E-state index >= 15 is 0 Å². The van der Waals surface area contributed by atoms with E-state index in [1.807, 2.05) is 6.92 Å². The van der Waals surface area contributed by atoms with Gasteiger partial charge in [-0.25, -0.2) is 23.7 Å². The summed E-state index contributed by atoms with van der Waals surface area (Å²) in [4.78, 5) is 54.6. The maximum atomic E-state index is 13.5. The van der Waals surface area contributed by atoms with Gasteiger partial charge in [-0.2, -0.15) is 0 Å². The van der Waals surface area contributed by atoms with E-state index in [2.05, 4.69) is 25.8 Å². The second kappa shape index (κ2) is 9.34. The molecule has 11 nitrogen and oxygen atoms in total. The number of benzene rings is 1. The molecule has 2 aromatic heterocycles. The lowest BCUT2D eigenvalue weighted by Gasteiger charge is -2.54. The Morgan fingerprint density at radius 2 is 1.82 bits per heavy atom. The van der Waals surface area contributed by atoms with Crippen molar-refractivity contribution in [3.05, 3.63) is 63.1 Å². The van der Waals surface area contributed by atoms with Gasteiger partial charge in [0.1, 0.15) is 17.2 Å². The minimum absolute atomic E-state index is 0.0914.